The lowest BCUT2D eigenvalue weighted by atomic mass is 9.72. The second kappa shape index (κ2) is 8.32. The van der Waals surface area contributed by atoms with Gasteiger partial charge in [0.25, 0.3) is 0 Å². The van der Waals surface area contributed by atoms with Gasteiger partial charge in [0.05, 0.1) is 28.6 Å². The number of carboxylic acids is 1. The topological polar surface area (TPSA) is 99.8 Å². The number of halogens is 2. The molecule has 1 unspecified atom stereocenters. The number of carboxylic acid groups (broad SMARTS) is 1. The first-order valence-electron chi connectivity index (χ1n) is 9.80. The number of hydrogen-bond donors (Lipinski definition) is 2. The number of aromatic nitrogens is 1. The molecule has 9 heteroatoms. The van der Waals surface area contributed by atoms with Crippen molar-refractivity contribution in [2.75, 3.05) is 30.3 Å². The van der Waals surface area contributed by atoms with Crippen LogP contribution < -0.4 is 10.6 Å². The smallest absolute Gasteiger partial charge is 0.307 e. The molecule has 0 bridgehead atoms. The highest BCUT2D eigenvalue weighted by Crippen LogP contribution is 2.39. The lowest BCUT2D eigenvalue weighted by molar-refractivity contribution is -0.157. The third-order valence-electron chi connectivity index (χ3n) is 5.99. The van der Waals surface area contributed by atoms with Crippen molar-refractivity contribution in [3.8, 4) is 0 Å². The van der Waals surface area contributed by atoms with Gasteiger partial charge in [0.1, 0.15) is 0 Å². The molecule has 4 rings (SSSR count). The zero-order valence-corrected chi connectivity index (χ0v) is 17.7. The minimum absolute atomic E-state index is 0.0932. The number of pyridine rings is 1. The lowest BCUT2D eigenvalue weighted by Gasteiger charge is -2.45. The van der Waals surface area contributed by atoms with E-state index in [0.717, 1.165) is 5.56 Å². The second-order valence-corrected chi connectivity index (χ2v) is 8.61. The van der Waals surface area contributed by atoms with E-state index in [9.17, 15) is 14.7 Å². The van der Waals surface area contributed by atoms with Crippen molar-refractivity contribution in [3.63, 3.8) is 0 Å². The number of rotatable bonds is 4. The van der Waals surface area contributed by atoms with Crippen LogP contribution in [-0.4, -0.2) is 46.5 Å². The molecule has 1 aromatic heterocycles. The van der Waals surface area contributed by atoms with E-state index in [0.29, 0.717) is 54.0 Å². The van der Waals surface area contributed by atoms with Crippen LogP contribution in [0.4, 0.5) is 11.5 Å². The van der Waals surface area contributed by atoms with E-state index in [1.807, 2.05) is 12.1 Å². The van der Waals surface area contributed by atoms with Crippen molar-refractivity contribution >= 4 is 46.6 Å². The summed E-state index contributed by atoms with van der Waals surface area (Å²) >= 11 is 12.1. The number of nitrogens with two attached hydrogens (primary N) is 1. The number of carbonyl (C=O) groups excluding carboxylic acids is 1. The van der Waals surface area contributed by atoms with Crippen LogP contribution in [0.5, 0.6) is 0 Å². The number of benzene rings is 1. The summed E-state index contributed by atoms with van der Waals surface area (Å²) in [5.74, 6) is -1.41. The van der Waals surface area contributed by atoms with Crippen LogP contribution in [0.3, 0.4) is 0 Å². The average Bonchev–Trinajstić information content (AvgIpc) is 2.67. The number of aliphatic carboxylic acids is 1. The van der Waals surface area contributed by atoms with Crippen LogP contribution in [0, 0.1) is 11.8 Å². The number of carbonyl (C=O) groups is 2. The molecular weight excluding hydrogens is 427 g/mol. The zero-order valence-electron chi connectivity index (χ0n) is 16.2. The molecular formula is C21H22Cl2N4O3. The lowest BCUT2D eigenvalue weighted by Crippen LogP contribution is -2.55. The number of anilines is 2. The van der Waals surface area contributed by atoms with Gasteiger partial charge in [0.2, 0.25) is 5.91 Å². The first kappa shape index (κ1) is 20.8. The van der Waals surface area contributed by atoms with Crippen molar-refractivity contribution in [1.29, 1.82) is 0 Å². The summed E-state index contributed by atoms with van der Waals surface area (Å²) in [5, 5.41) is 10.4. The predicted octanol–water partition coefficient (Wildman–Crippen LogP) is 3.47. The van der Waals surface area contributed by atoms with Crippen molar-refractivity contribution in [3.05, 3.63) is 52.1 Å². The van der Waals surface area contributed by atoms with E-state index >= 15 is 0 Å². The number of nitrogen functional groups attached to an aromatic ring is 1. The summed E-state index contributed by atoms with van der Waals surface area (Å²) in [6, 6.07) is 8.92. The molecule has 1 aliphatic heterocycles. The second-order valence-electron chi connectivity index (χ2n) is 7.74. The molecule has 1 aliphatic carbocycles. The quantitative estimate of drug-likeness (QED) is 0.742. The molecule has 1 saturated heterocycles. The highest BCUT2D eigenvalue weighted by Gasteiger charge is 2.44. The van der Waals surface area contributed by atoms with Crippen LogP contribution in [-0.2, 0) is 9.59 Å². The third kappa shape index (κ3) is 3.91. The predicted molar refractivity (Wildman–Crippen MR) is 116 cm³/mol. The molecule has 30 heavy (non-hydrogen) atoms. The molecule has 2 aliphatic rings. The van der Waals surface area contributed by atoms with Crippen LogP contribution in [0.2, 0.25) is 10.0 Å². The molecule has 0 radical (unpaired) electrons. The Hall–Kier alpha value is -2.51. The number of nitrogens with zero attached hydrogens (tertiary/aromatic N) is 3. The minimum Gasteiger partial charge on any atom is -0.481 e. The van der Waals surface area contributed by atoms with Gasteiger partial charge < -0.3 is 20.6 Å². The number of piperazine rings is 1. The summed E-state index contributed by atoms with van der Waals surface area (Å²) < 4.78 is 0. The van der Waals surface area contributed by atoms with Gasteiger partial charge in [-0.15, -0.1) is 0 Å². The van der Waals surface area contributed by atoms with Crippen molar-refractivity contribution < 1.29 is 14.7 Å². The Balaban J connectivity index is 1.62. The van der Waals surface area contributed by atoms with E-state index in [1.165, 1.54) is 0 Å². The Bertz CT molecular complexity index is 969. The zero-order chi connectivity index (χ0) is 21.4. The molecule has 2 fully saturated rings. The summed E-state index contributed by atoms with van der Waals surface area (Å²) in [7, 11) is 0. The summed E-state index contributed by atoms with van der Waals surface area (Å²) in [6.45, 7) is 1.39. The van der Waals surface area contributed by atoms with E-state index in [-0.39, 0.29) is 11.9 Å². The highest BCUT2D eigenvalue weighted by molar-refractivity contribution is 6.31. The molecule has 1 aromatic carbocycles. The van der Waals surface area contributed by atoms with Crippen LogP contribution in [0.1, 0.15) is 24.4 Å². The van der Waals surface area contributed by atoms with Gasteiger partial charge in [-0.2, -0.15) is 0 Å². The molecule has 3 atom stereocenters. The molecule has 158 valence electrons. The normalized spacial score (nSPS) is 23.7. The highest BCUT2D eigenvalue weighted by atomic mass is 35.5. The number of hydrogen-bond acceptors (Lipinski definition) is 5. The Kier molecular flexibility index (Phi) is 5.75. The van der Waals surface area contributed by atoms with Gasteiger partial charge in [-0.1, -0.05) is 35.3 Å². The van der Waals surface area contributed by atoms with Crippen LogP contribution in [0.15, 0.2) is 36.5 Å². The maximum atomic E-state index is 13.0. The fraction of sp³-hybridized carbons (Fsp3) is 0.381. The molecule has 3 N–H and O–H groups in total. The van der Waals surface area contributed by atoms with E-state index in [1.54, 1.807) is 29.3 Å². The van der Waals surface area contributed by atoms with Gasteiger partial charge in [0, 0.05) is 30.9 Å². The molecule has 1 saturated carbocycles. The number of amides is 1. The Morgan fingerprint density at radius 2 is 1.77 bits per heavy atom. The molecule has 1 amide bonds. The van der Waals surface area contributed by atoms with E-state index < -0.39 is 17.8 Å². The van der Waals surface area contributed by atoms with Crippen molar-refractivity contribution in [1.82, 2.24) is 9.88 Å². The third-order valence-corrected chi connectivity index (χ3v) is 6.45. The SMILES string of the molecule is Nc1cc(Cl)cnc1N1CCN(C(=O)[C@H]2CC[C@H]2C(=O)O)CC1c1ccc(Cl)cc1. The van der Waals surface area contributed by atoms with Gasteiger partial charge in [-0.05, 0) is 36.6 Å². The summed E-state index contributed by atoms with van der Waals surface area (Å²) in [6.07, 6.45) is 2.72. The monoisotopic (exact) mass is 448 g/mol. The molecule has 7 nitrogen and oxygen atoms in total. The Morgan fingerprint density at radius 1 is 1.07 bits per heavy atom. The van der Waals surface area contributed by atoms with Gasteiger partial charge in [-0.25, -0.2) is 4.98 Å². The molecule has 0 spiro atoms. The van der Waals surface area contributed by atoms with Gasteiger partial charge in [0.15, 0.2) is 5.82 Å². The molecule has 2 aromatic rings. The summed E-state index contributed by atoms with van der Waals surface area (Å²) in [4.78, 5) is 32.7. The summed E-state index contributed by atoms with van der Waals surface area (Å²) in [5.41, 5.74) is 7.62. The fourth-order valence-electron chi connectivity index (χ4n) is 4.22. The first-order valence-corrected chi connectivity index (χ1v) is 10.6. The van der Waals surface area contributed by atoms with E-state index in [4.69, 9.17) is 28.9 Å². The maximum Gasteiger partial charge on any atom is 0.307 e. The minimum atomic E-state index is -0.898. The largest absolute Gasteiger partial charge is 0.481 e. The van der Waals surface area contributed by atoms with Crippen molar-refractivity contribution in [2.45, 2.75) is 18.9 Å². The van der Waals surface area contributed by atoms with Crippen LogP contribution >= 0.6 is 23.2 Å². The van der Waals surface area contributed by atoms with Gasteiger partial charge in [-0.3, -0.25) is 9.59 Å². The maximum absolute atomic E-state index is 13.0. The van der Waals surface area contributed by atoms with Crippen molar-refractivity contribution in [2.24, 2.45) is 11.8 Å². The fourth-order valence-corrected chi connectivity index (χ4v) is 4.51. The van der Waals surface area contributed by atoms with E-state index in [2.05, 4.69) is 9.88 Å². The Labute approximate surface area is 184 Å². The molecule has 2 heterocycles. The standard InChI is InChI=1S/C21H22Cl2N4O3/c22-13-3-1-12(2-4-13)18-11-26(20(28)15-5-6-16(15)21(29)30)7-8-27(18)19-17(24)9-14(23)10-25-19/h1-4,9-10,15-16,18H,5-8,11,24H2,(H,29,30)/t15-,16+,18?/m0/s1. The first-order chi connectivity index (χ1) is 14.3. The Morgan fingerprint density at radius 3 is 2.37 bits per heavy atom. The van der Waals surface area contributed by atoms with Gasteiger partial charge >= 0.3 is 5.97 Å². The average molecular weight is 449 g/mol. The van der Waals surface area contributed by atoms with Crippen LogP contribution in [0.25, 0.3) is 0 Å².